The molecule has 3 atom stereocenters. The van der Waals surface area contributed by atoms with Crippen LogP contribution in [0, 0.1) is 11.3 Å². The van der Waals surface area contributed by atoms with Gasteiger partial charge in [-0.2, -0.15) is 0 Å². The van der Waals surface area contributed by atoms with Gasteiger partial charge in [0, 0.05) is 12.5 Å². The molecule has 1 N–H and O–H groups in total. The van der Waals surface area contributed by atoms with E-state index in [2.05, 4.69) is 6.58 Å². The first-order chi connectivity index (χ1) is 11.0. The Labute approximate surface area is 136 Å². The second kappa shape index (κ2) is 5.64. The predicted molar refractivity (Wildman–Crippen MR) is 85.3 cm³/mol. The number of allylic oxidation sites excluding steroid dienone is 2. The Hall–Kier alpha value is -1.88. The van der Waals surface area contributed by atoms with Crippen LogP contribution in [0.4, 0.5) is 0 Å². The van der Waals surface area contributed by atoms with Crippen LogP contribution in [-0.4, -0.2) is 46.7 Å². The fourth-order valence-electron chi connectivity index (χ4n) is 3.79. The molecule has 0 aromatic carbocycles. The van der Waals surface area contributed by atoms with Crippen LogP contribution >= 0.6 is 0 Å². The third-order valence-electron chi connectivity index (χ3n) is 5.39. The molecule has 1 saturated carbocycles. The van der Waals surface area contributed by atoms with E-state index in [9.17, 15) is 14.7 Å². The molecule has 0 bridgehead atoms. The highest BCUT2D eigenvalue weighted by molar-refractivity contribution is 5.88. The molecule has 0 aromatic heterocycles. The van der Waals surface area contributed by atoms with Gasteiger partial charge in [0.05, 0.1) is 17.6 Å². The zero-order valence-electron chi connectivity index (χ0n) is 13.4. The summed E-state index contributed by atoms with van der Waals surface area (Å²) in [4.78, 5) is 26.6. The maximum absolute atomic E-state index is 12.7. The normalized spacial score (nSPS) is 34.5. The minimum absolute atomic E-state index is 0.287. The molecule has 0 unspecified atom stereocenters. The van der Waals surface area contributed by atoms with Gasteiger partial charge in [-0.3, -0.25) is 9.59 Å². The van der Waals surface area contributed by atoms with Crippen molar-refractivity contribution in [2.75, 3.05) is 13.2 Å². The Morgan fingerprint density at radius 1 is 1.52 bits per heavy atom. The smallest absolute Gasteiger partial charge is 0.312 e. The van der Waals surface area contributed by atoms with Crippen molar-refractivity contribution in [2.45, 2.75) is 37.8 Å². The van der Waals surface area contributed by atoms with Crippen LogP contribution in [0.15, 0.2) is 37.0 Å². The van der Waals surface area contributed by atoms with Crippen LogP contribution in [0.5, 0.6) is 0 Å². The number of carbonyl (C=O) groups is 2. The van der Waals surface area contributed by atoms with Crippen molar-refractivity contribution in [2.24, 2.45) is 11.3 Å². The Kier molecular flexibility index (Phi) is 3.92. The molecule has 1 saturated heterocycles. The third kappa shape index (κ3) is 2.34. The number of hydrogen-bond acceptors (Lipinski definition) is 4. The number of ether oxygens (including phenoxy) is 1. The minimum atomic E-state index is -1.15. The maximum Gasteiger partial charge on any atom is 0.312 e. The van der Waals surface area contributed by atoms with E-state index in [0.717, 1.165) is 0 Å². The van der Waals surface area contributed by atoms with E-state index >= 15 is 0 Å². The molecule has 0 radical (unpaired) electrons. The van der Waals surface area contributed by atoms with E-state index in [-0.39, 0.29) is 11.9 Å². The van der Waals surface area contributed by atoms with Gasteiger partial charge in [-0.25, -0.2) is 0 Å². The average molecular weight is 317 g/mol. The van der Waals surface area contributed by atoms with Gasteiger partial charge in [-0.15, -0.1) is 6.58 Å². The van der Waals surface area contributed by atoms with Crippen LogP contribution in [-0.2, 0) is 14.3 Å². The Bertz CT molecular complexity index is 590. The van der Waals surface area contributed by atoms with Crippen LogP contribution in [0.3, 0.4) is 0 Å². The number of likely N-dealkylation sites (tertiary alicyclic amines) is 1. The second-order valence-electron chi connectivity index (χ2n) is 6.56. The largest absolute Gasteiger partial charge is 0.466 e. The minimum Gasteiger partial charge on any atom is -0.466 e. The summed E-state index contributed by atoms with van der Waals surface area (Å²) in [5.41, 5.74) is -1.32. The van der Waals surface area contributed by atoms with E-state index in [0.29, 0.717) is 32.4 Å². The van der Waals surface area contributed by atoms with Crippen LogP contribution in [0.1, 0.15) is 26.2 Å². The lowest BCUT2D eigenvalue weighted by Crippen LogP contribution is -2.48. The zero-order valence-corrected chi connectivity index (χ0v) is 13.4. The maximum atomic E-state index is 12.7. The fourth-order valence-corrected chi connectivity index (χ4v) is 3.79. The summed E-state index contributed by atoms with van der Waals surface area (Å²) in [6.07, 6.45) is 10.3. The lowest BCUT2D eigenvalue weighted by atomic mass is 9.86. The fraction of sp³-hybridized carbons (Fsp3) is 0.556. The summed E-state index contributed by atoms with van der Waals surface area (Å²) in [5.74, 6) is -1.03. The van der Waals surface area contributed by atoms with Crippen molar-refractivity contribution >= 4 is 11.9 Å². The molecule has 0 aromatic rings. The van der Waals surface area contributed by atoms with Gasteiger partial charge in [0.1, 0.15) is 6.10 Å². The van der Waals surface area contributed by atoms with Crippen molar-refractivity contribution in [3.63, 3.8) is 0 Å². The molecular weight excluding hydrogens is 294 g/mol. The molecule has 5 heteroatoms. The molecule has 3 aliphatic rings. The highest BCUT2D eigenvalue weighted by Gasteiger charge is 2.64. The number of aliphatic hydroxyl groups is 1. The Balaban J connectivity index is 1.86. The Morgan fingerprint density at radius 3 is 2.78 bits per heavy atom. The van der Waals surface area contributed by atoms with E-state index in [4.69, 9.17) is 4.74 Å². The highest BCUT2D eigenvalue weighted by atomic mass is 16.5. The lowest BCUT2D eigenvalue weighted by molar-refractivity contribution is -0.153. The molecule has 124 valence electrons. The molecule has 1 heterocycles. The predicted octanol–water partition coefficient (Wildman–Crippen LogP) is 1.59. The first kappa shape index (κ1) is 16.0. The average Bonchev–Trinajstić information content (AvgIpc) is 3.31. The number of carbonyl (C=O) groups excluding carboxylic acids is 2. The second-order valence-corrected chi connectivity index (χ2v) is 6.56. The monoisotopic (exact) mass is 317 g/mol. The summed E-state index contributed by atoms with van der Waals surface area (Å²) < 4.78 is 5.17. The molecule has 3 rings (SSSR count). The summed E-state index contributed by atoms with van der Waals surface area (Å²) in [6, 6.07) is 0. The molecule has 2 aliphatic carbocycles. The number of esters is 1. The van der Waals surface area contributed by atoms with Gasteiger partial charge in [-0.05, 0) is 26.2 Å². The number of hydrogen-bond donors (Lipinski definition) is 1. The highest BCUT2D eigenvalue weighted by Crippen LogP contribution is 2.56. The molecule has 2 fully saturated rings. The third-order valence-corrected chi connectivity index (χ3v) is 5.39. The van der Waals surface area contributed by atoms with Crippen LogP contribution in [0.2, 0.25) is 0 Å². The summed E-state index contributed by atoms with van der Waals surface area (Å²) >= 11 is 0. The first-order valence-electron chi connectivity index (χ1n) is 8.15. The molecule has 23 heavy (non-hydrogen) atoms. The van der Waals surface area contributed by atoms with Crippen LogP contribution in [0.25, 0.3) is 0 Å². The van der Waals surface area contributed by atoms with Gasteiger partial charge < -0.3 is 14.7 Å². The molecule has 1 aliphatic heterocycles. The van der Waals surface area contributed by atoms with E-state index in [1.807, 2.05) is 24.3 Å². The van der Waals surface area contributed by atoms with E-state index < -0.39 is 23.0 Å². The van der Waals surface area contributed by atoms with Crippen molar-refractivity contribution in [3.05, 3.63) is 37.0 Å². The van der Waals surface area contributed by atoms with Gasteiger partial charge in [0.25, 0.3) is 5.91 Å². The van der Waals surface area contributed by atoms with E-state index in [1.165, 1.54) is 0 Å². The van der Waals surface area contributed by atoms with Crippen molar-refractivity contribution in [1.29, 1.82) is 0 Å². The summed E-state index contributed by atoms with van der Waals surface area (Å²) in [5, 5.41) is 10.5. The number of rotatable bonds is 5. The molecule has 0 spiro atoms. The number of aliphatic hydroxyl groups excluding tert-OH is 1. The van der Waals surface area contributed by atoms with Crippen LogP contribution < -0.4 is 0 Å². The SMILES string of the molecule is C=C[C@]1(N2C[C@H](C3(C(=O)OCC)CC3)[C@@H](O)C2=O)C=CC=CC1. The number of amides is 1. The zero-order chi connectivity index (χ0) is 16.7. The van der Waals surface area contributed by atoms with E-state index in [1.54, 1.807) is 17.9 Å². The molecular formula is C18H23NO4. The van der Waals surface area contributed by atoms with Crippen molar-refractivity contribution < 1.29 is 19.4 Å². The van der Waals surface area contributed by atoms with Gasteiger partial charge >= 0.3 is 5.97 Å². The lowest BCUT2D eigenvalue weighted by Gasteiger charge is -2.38. The topological polar surface area (TPSA) is 66.8 Å². The van der Waals surface area contributed by atoms with Gasteiger partial charge in [-0.1, -0.05) is 30.4 Å². The number of nitrogens with zero attached hydrogens (tertiary/aromatic N) is 1. The molecule has 5 nitrogen and oxygen atoms in total. The summed E-state index contributed by atoms with van der Waals surface area (Å²) in [6.45, 7) is 6.30. The van der Waals surface area contributed by atoms with Crippen molar-refractivity contribution in [3.8, 4) is 0 Å². The van der Waals surface area contributed by atoms with Gasteiger partial charge in [0.15, 0.2) is 0 Å². The molecule has 1 amide bonds. The Morgan fingerprint density at radius 2 is 2.26 bits per heavy atom. The van der Waals surface area contributed by atoms with Gasteiger partial charge in [0.2, 0.25) is 0 Å². The summed E-state index contributed by atoms with van der Waals surface area (Å²) in [7, 11) is 0. The first-order valence-corrected chi connectivity index (χ1v) is 8.15. The standard InChI is InChI=1S/C18H23NO4/c1-3-17(8-6-5-7-9-17)19-12-13(14(20)15(19)21)18(10-11-18)16(22)23-4-2/h3,5-8,13-14,20H,1,4,9-12H2,2H3/t13-,14+,17-/m0/s1. The quantitative estimate of drug-likeness (QED) is 0.618. The van der Waals surface area contributed by atoms with Crippen molar-refractivity contribution in [1.82, 2.24) is 4.90 Å².